The van der Waals surface area contributed by atoms with Gasteiger partial charge >= 0.3 is 0 Å². The molecule has 0 aliphatic heterocycles. The number of aryl methyl sites for hydroxylation is 3. The molecule has 1 N–H and O–H groups in total. The molecule has 1 rings (SSSR count). The first-order chi connectivity index (χ1) is 9.69. The van der Waals surface area contributed by atoms with E-state index in [1.807, 2.05) is 40.0 Å². The lowest BCUT2D eigenvalue weighted by atomic mass is 10.1. The minimum Gasteiger partial charge on any atom is -0.302 e. The van der Waals surface area contributed by atoms with Crippen molar-refractivity contribution in [3.05, 3.63) is 28.8 Å². The van der Waals surface area contributed by atoms with Crippen molar-refractivity contribution in [2.24, 2.45) is 0 Å². The first kappa shape index (κ1) is 18.1. The van der Waals surface area contributed by atoms with E-state index in [2.05, 4.69) is 23.5 Å². The van der Waals surface area contributed by atoms with Crippen molar-refractivity contribution in [3.63, 3.8) is 0 Å². The monoisotopic (exact) mass is 312 g/mol. The third-order valence-electron chi connectivity index (χ3n) is 3.97. The maximum absolute atomic E-state index is 12.5. The third kappa shape index (κ3) is 4.80. The molecule has 1 unspecified atom stereocenters. The predicted octanol–water partition coefficient (Wildman–Crippen LogP) is 2.62. The van der Waals surface area contributed by atoms with E-state index in [1.54, 1.807) is 0 Å². The summed E-state index contributed by atoms with van der Waals surface area (Å²) in [5.41, 5.74) is 2.69. The Kier molecular flexibility index (Phi) is 6.38. The maximum atomic E-state index is 12.5. The van der Waals surface area contributed by atoms with Gasteiger partial charge in [0.25, 0.3) is 0 Å². The largest absolute Gasteiger partial charge is 0.302 e. The highest BCUT2D eigenvalue weighted by molar-refractivity contribution is 7.89. The Balaban J connectivity index is 2.80. The van der Waals surface area contributed by atoms with Gasteiger partial charge in [-0.15, -0.1) is 0 Å². The molecule has 0 heterocycles. The van der Waals surface area contributed by atoms with Gasteiger partial charge in [-0.1, -0.05) is 24.6 Å². The number of nitrogens with one attached hydrogen (secondary N) is 1. The summed E-state index contributed by atoms with van der Waals surface area (Å²) in [6.07, 6.45) is 1.05. The number of nitrogens with zero attached hydrogens (tertiary/aromatic N) is 1. The molecular formula is C16H28N2O2S. The highest BCUT2D eigenvalue weighted by Crippen LogP contribution is 2.21. The summed E-state index contributed by atoms with van der Waals surface area (Å²) in [6, 6.07) is 4.28. The minimum atomic E-state index is -3.44. The first-order valence-corrected chi connectivity index (χ1v) is 8.95. The topological polar surface area (TPSA) is 49.4 Å². The van der Waals surface area contributed by atoms with Crippen molar-refractivity contribution >= 4 is 10.0 Å². The van der Waals surface area contributed by atoms with Crippen LogP contribution in [0.5, 0.6) is 0 Å². The second kappa shape index (κ2) is 7.38. The van der Waals surface area contributed by atoms with E-state index in [9.17, 15) is 8.42 Å². The molecule has 0 saturated carbocycles. The molecule has 0 aromatic heterocycles. The summed E-state index contributed by atoms with van der Waals surface area (Å²) in [7, 11) is -1.42. The van der Waals surface area contributed by atoms with Crippen molar-refractivity contribution in [2.75, 3.05) is 20.1 Å². The quantitative estimate of drug-likeness (QED) is 0.842. The second-order valence-corrected chi connectivity index (χ2v) is 7.57. The van der Waals surface area contributed by atoms with E-state index in [4.69, 9.17) is 0 Å². The van der Waals surface area contributed by atoms with Crippen molar-refractivity contribution in [3.8, 4) is 0 Å². The van der Waals surface area contributed by atoms with E-state index >= 15 is 0 Å². The van der Waals surface area contributed by atoms with E-state index in [0.717, 1.165) is 23.1 Å². The fraction of sp³-hybridized carbons (Fsp3) is 0.625. The van der Waals surface area contributed by atoms with Crippen LogP contribution in [0.25, 0.3) is 0 Å². The summed E-state index contributed by atoms with van der Waals surface area (Å²) >= 11 is 0. The summed E-state index contributed by atoms with van der Waals surface area (Å²) in [5, 5.41) is 0. The Morgan fingerprint density at radius 2 is 1.71 bits per heavy atom. The minimum absolute atomic E-state index is 0.416. The van der Waals surface area contributed by atoms with Gasteiger partial charge in [0.2, 0.25) is 10.0 Å². The zero-order valence-electron chi connectivity index (χ0n) is 14.0. The van der Waals surface area contributed by atoms with Crippen molar-refractivity contribution < 1.29 is 8.42 Å². The van der Waals surface area contributed by atoms with Gasteiger partial charge in [0.15, 0.2) is 0 Å². The summed E-state index contributed by atoms with van der Waals surface area (Å²) < 4.78 is 27.7. The average molecular weight is 312 g/mol. The summed E-state index contributed by atoms with van der Waals surface area (Å²) in [4.78, 5) is 2.58. The number of benzene rings is 1. The zero-order valence-corrected chi connectivity index (χ0v) is 14.8. The average Bonchev–Trinajstić information content (AvgIpc) is 2.35. The molecule has 5 heteroatoms. The van der Waals surface area contributed by atoms with Gasteiger partial charge < -0.3 is 4.90 Å². The van der Waals surface area contributed by atoms with E-state index < -0.39 is 10.0 Å². The zero-order chi connectivity index (χ0) is 16.2. The van der Waals surface area contributed by atoms with Crippen molar-refractivity contribution in [2.45, 2.75) is 52.0 Å². The van der Waals surface area contributed by atoms with Crippen LogP contribution in [0.15, 0.2) is 17.0 Å². The van der Waals surface area contributed by atoms with Crippen LogP contribution >= 0.6 is 0 Å². The van der Waals surface area contributed by atoms with Crippen LogP contribution in [0.3, 0.4) is 0 Å². The molecule has 1 aromatic carbocycles. The molecular weight excluding hydrogens is 284 g/mol. The van der Waals surface area contributed by atoms with Gasteiger partial charge in [0.05, 0.1) is 4.90 Å². The smallest absolute Gasteiger partial charge is 0.241 e. The number of hydrogen-bond acceptors (Lipinski definition) is 3. The molecule has 0 aliphatic carbocycles. The second-order valence-electron chi connectivity index (χ2n) is 5.86. The Morgan fingerprint density at radius 3 is 2.19 bits per heavy atom. The Morgan fingerprint density at radius 1 is 1.19 bits per heavy atom. The van der Waals surface area contributed by atoms with E-state index in [1.165, 1.54) is 0 Å². The normalized spacial score (nSPS) is 13.7. The van der Waals surface area contributed by atoms with E-state index in [0.29, 0.717) is 24.0 Å². The summed E-state index contributed by atoms with van der Waals surface area (Å²) in [5.74, 6) is 0. The molecule has 0 saturated heterocycles. The van der Waals surface area contributed by atoms with Gasteiger partial charge in [0.1, 0.15) is 0 Å². The van der Waals surface area contributed by atoms with Crippen LogP contribution in [0.2, 0.25) is 0 Å². The molecule has 0 radical (unpaired) electrons. The molecule has 4 nitrogen and oxygen atoms in total. The molecule has 0 bridgehead atoms. The van der Waals surface area contributed by atoms with Crippen molar-refractivity contribution in [1.29, 1.82) is 0 Å². The highest BCUT2D eigenvalue weighted by Gasteiger charge is 2.19. The van der Waals surface area contributed by atoms with Crippen LogP contribution in [0, 0.1) is 20.8 Å². The van der Waals surface area contributed by atoms with Gasteiger partial charge in [-0.25, -0.2) is 13.1 Å². The van der Waals surface area contributed by atoms with Gasteiger partial charge in [-0.3, -0.25) is 0 Å². The number of sulfonamides is 1. The standard InChI is InChI=1S/C16H28N2O2S/c1-7-15(5)18(6)9-8-17-21(19,20)16-13(3)10-12(2)11-14(16)4/h10-11,15,17H,7-9H2,1-6H3. The van der Waals surface area contributed by atoms with Gasteiger partial charge in [0, 0.05) is 19.1 Å². The van der Waals surface area contributed by atoms with Gasteiger partial charge in [-0.2, -0.15) is 0 Å². The maximum Gasteiger partial charge on any atom is 0.241 e. The molecule has 0 fully saturated rings. The molecule has 0 aliphatic rings. The third-order valence-corrected chi connectivity index (χ3v) is 5.74. The fourth-order valence-corrected chi connectivity index (χ4v) is 4.02. The number of rotatable bonds is 7. The number of likely N-dealkylation sites (N-methyl/N-ethyl adjacent to an activating group) is 1. The molecule has 0 spiro atoms. The molecule has 120 valence electrons. The van der Waals surface area contributed by atoms with Crippen LogP contribution < -0.4 is 4.72 Å². The first-order valence-electron chi connectivity index (χ1n) is 7.46. The Hall–Kier alpha value is -0.910. The molecule has 1 atom stereocenters. The van der Waals surface area contributed by atoms with Crippen molar-refractivity contribution in [1.82, 2.24) is 9.62 Å². The lowest BCUT2D eigenvalue weighted by molar-refractivity contribution is 0.256. The SMILES string of the molecule is CCC(C)N(C)CCNS(=O)(=O)c1c(C)cc(C)cc1C. The molecule has 21 heavy (non-hydrogen) atoms. The molecule has 1 aromatic rings. The number of hydrogen-bond donors (Lipinski definition) is 1. The highest BCUT2D eigenvalue weighted by atomic mass is 32.2. The lowest BCUT2D eigenvalue weighted by Crippen LogP contribution is -2.37. The van der Waals surface area contributed by atoms with Crippen LogP contribution in [-0.4, -0.2) is 39.5 Å². The fourth-order valence-electron chi connectivity index (χ4n) is 2.55. The van der Waals surface area contributed by atoms with Crippen LogP contribution in [0.1, 0.15) is 37.0 Å². The predicted molar refractivity (Wildman–Crippen MR) is 88.2 cm³/mol. The Labute approximate surface area is 129 Å². The van der Waals surface area contributed by atoms with E-state index in [-0.39, 0.29) is 0 Å². The van der Waals surface area contributed by atoms with Crippen LogP contribution in [0.4, 0.5) is 0 Å². The van der Waals surface area contributed by atoms with Crippen LogP contribution in [-0.2, 0) is 10.0 Å². The summed E-state index contributed by atoms with van der Waals surface area (Å²) in [6.45, 7) is 11.1. The lowest BCUT2D eigenvalue weighted by Gasteiger charge is -2.23. The van der Waals surface area contributed by atoms with Gasteiger partial charge in [-0.05, 0) is 52.3 Å². The molecule has 0 amide bonds. The Bertz CT molecular complexity index is 559.